The van der Waals surface area contributed by atoms with Crippen molar-refractivity contribution in [2.75, 3.05) is 25.4 Å². The van der Waals surface area contributed by atoms with Crippen molar-refractivity contribution in [2.24, 2.45) is 5.92 Å². The van der Waals surface area contributed by atoms with Crippen LogP contribution in [0, 0.1) is 5.92 Å². The minimum Gasteiger partial charge on any atom is -0.465 e. The van der Waals surface area contributed by atoms with Crippen molar-refractivity contribution in [3.05, 3.63) is 17.9 Å². The van der Waals surface area contributed by atoms with Gasteiger partial charge in [0.15, 0.2) is 0 Å². The van der Waals surface area contributed by atoms with Crippen LogP contribution in [0.1, 0.15) is 50.6 Å². The summed E-state index contributed by atoms with van der Waals surface area (Å²) in [6.45, 7) is 2.92. The van der Waals surface area contributed by atoms with Gasteiger partial charge in [-0.15, -0.1) is 0 Å². The average molecular weight is 413 g/mol. The molecule has 3 amide bonds. The Labute approximate surface area is 164 Å². The van der Waals surface area contributed by atoms with Crippen LogP contribution in [-0.2, 0) is 14.8 Å². The third-order valence-electron chi connectivity index (χ3n) is 4.82. The maximum absolute atomic E-state index is 12.3. The van der Waals surface area contributed by atoms with Crippen molar-refractivity contribution in [2.45, 2.75) is 45.1 Å². The molecule has 1 aromatic rings. The second kappa shape index (κ2) is 8.95. The fourth-order valence-electron chi connectivity index (χ4n) is 2.95. The molecule has 10 heteroatoms. The Kier molecular flexibility index (Phi) is 6.61. The van der Waals surface area contributed by atoms with E-state index in [9.17, 15) is 18.0 Å². The van der Waals surface area contributed by atoms with Gasteiger partial charge in [-0.2, -0.15) is 0 Å². The summed E-state index contributed by atoms with van der Waals surface area (Å²) in [6, 6.07) is 0.929. The fourth-order valence-corrected chi connectivity index (χ4v) is 4.33. The molecule has 2 heterocycles. The van der Waals surface area contributed by atoms with Gasteiger partial charge in [-0.05, 0) is 38.5 Å². The molecule has 1 aliphatic carbocycles. The van der Waals surface area contributed by atoms with Crippen molar-refractivity contribution in [1.29, 1.82) is 0 Å². The molecule has 0 aromatic carbocycles. The SMILES string of the molecule is C[C@@H](NS(=O)(=O)CCCCCN1CC(=O)NC1=O)c1coc(OCC2CC2)c1. The number of carbonyl (C=O) groups excluding carboxylic acids is 2. The number of rotatable bonds is 12. The van der Waals surface area contributed by atoms with Gasteiger partial charge in [-0.1, -0.05) is 6.42 Å². The van der Waals surface area contributed by atoms with Crippen LogP contribution >= 0.6 is 0 Å². The molecule has 3 rings (SSSR count). The summed E-state index contributed by atoms with van der Waals surface area (Å²) in [5.74, 6) is 0.735. The van der Waals surface area contributed by atoms with E-state index in [0.717, 1.165) is 5.56 Å². The van der Waals surface area contributed by atoms with Crippen LogP contribution in [-0.4, -0.2) is 50.7 Å². The zero-order chi connectivity index (χ0) is 20.1. The maximum Gasteiger partial charge on any atom is 0.324 e. The molecule has 156 valence electrons. The third kappa shape index (κ3) is 6.23. The molecule has 2 N–H and O–H groups in total. The Morgan fingerprint density at radius 1 is 1.32 bits per heavy atom. The third-order valence-corrected chi connectivity index (χ3v) is 6.36. The Morgan fingerprint density at radius 3 is 2.79 bits per heavy atom. The summed E-state index contributed by atoms with van der Waals surface area (Å²) in [7, 11) is -3.43. The Balaban J connectivity index is 1.34. The van der Waals surface area contributed by atoms with Crippen LogP contribution in [0.4, 0.5) is 4.79 Å². The lowest BCUT2D eigenvalue weighted by atomic mass is 10.2. The molecule has 9 nitrogen and oxygen atoms in total. The predicted molar refractivity (Wildman–Crippen MR) is 101 cm³/mol. The highest BCUT2D eigenvalue weighted by atomic mass is 32.2. The van der Waals surface area contributed by atoms with Gasteiger partial charge in [0.25, 0.3) is 5.95 Å². The first-order valence-corrected chi connectivity index (χ1v) is 11.3. The minimum absolute atomic E-state index is 0.00531. The summed E-state index contributed by atoms with van der Waals surface area (Å²) >= 11 is 0. The van der Waals surface area contributed by atoms with Gasteiger partial charge in [0.1, 0.15) is 6.54 Å². The number of sulfonamides is 1. The van der Waals surface area contributed by atoms with Gasteiger partial charge < -0.3 is 14.1 Å². The van der Waals surface area contributed by atoms with E-state index in [4.69, 9.17) is 9.15 Å². The summed E-state index contributed by atoms with van der Waals surface area (Å²) < 4.78 is 38.1. The van der Waals surface area contributed by atoms with Crippen LogP contribution in [0.5, 0.6) is 5.95 Å². The van der Waals surface area contributed by atoms with Crippen molar-refractivity contribution in [1.82, 2.24) is 14.9 Å². The summed E-state index contributed by atoms with van der Waals surface area (Å²) in [6.07, 6.45) is 5.66. The van der Waals surface area contributed by atoms with E-state index in [1.54, 1.807) is 13.0 Å². The van der Waals surface area contributed by atoms with E-state index in [1.807, 2.05) is 0 Å². The van der Waals surface area contributed by atoms with Crippen LogP contribution in [0.15, 0.2) is 16.7 Å². The van der Waals surface area contributed by atoms with Gasteiger partial charge in [0.05, 0.1) is 18.6 Å². The minimum atomic E-state index is -3.43. The lowest BCUT2D eigenvalue weighted by Crippen LogP contribution is -2.30. The van der Waals surface area contributed by atoms with Crippen molar-refractivity contribution >= 4 is 22.0 Å². The topological polar surface area (TPSA) is 118 Å². The molecular weight excluding hydrogens is 386 g/mol. The molecule has 28 heavy (non-hydrogen) atoms. The standard InChI is InChI=1S/C18H27N3O6S/c1-13(15-9-17(27-12-15)26-11-14-5-6-14)20-28(24,25)8-4-2-3-7-21-10-16(22)19-18(21)23/h9,12-14,20H,2-8,10-11H2,1H3,(H,19,22,23)/t13-/m1/s1. The number of urea groups is 1. The highest BCUT2D eigenvalue weighted by Gasteiger charge is 2.26. The molecule has 1 atom stereocenters. The number of nitrogens with zero attached hydrogens (tertiary/aromatic N) is 1. The normalized spacial score (nSPS) is 18.4. The highest BCUT2D eigenvalue weighted by molar-refractivity contribution is 7.89. The van der Waals surface area contributed by atoms with Crippen LogP contribution < -0.4 is 14.8 Å². The largest absolute Gasteiger partial charge is 0.465 e. The molecule has 1 saturated heterocycles. The number of carbonyl (C=O) groups is 2. The number of furan rings is 1. The molecule has 1 aliphatic heterocycles. The number of ether oxygens (including phenoxy) is 1. The monoisotopic (exact) mass is 413 g/mol. The zero-order valence-electron chi connectivity index (χ0n) is 16.0. The van der Waals surface area contributed by atoms with Gasteiger partial charge in [0, 0.05) is 24.2 Å². The van der Waals surface area contributed by atoms with E-state index in [0.29, 0.717) is 44.3 Å². The smallest absolute Gasteiger partial charge is 0.324 e. The Hall–Kier alpha value is -2.07. The number of nitrogens with one attached hydrogen (secondary N) is 2. The molecule has 1 saturated carbocycles. The van der Waals surface area contributed by atoms with Gasteiger partial charge >= 0.3 is 6.03 Å². The van der Waals surface area contributed by atoms with Crippen LogP contribution in [0.25, 0.3) is 0 Å². The zero-order valence-corrected chi connectivity index (χ0v) is 16.8. The van der Waals surface area contributed by atoms with Crippen molar-refractivity contribution in [3.63, 3.8) is 0 Å². The van der Waals surface area contributed by atoms with Gasteiger partial charge in [-0.25, -0.2) is 17.9 Å². The Bertz CT molecular complexity index is 802. The van der Waals surface area contributed by atoms with E-state index >= 15 is 0 Å². The van der Waals surface area contributed by atoms with Crippen molar-refractivity contribution < 1.29 is 27.2 Å². The number of hydrogen-bond donors (Lipinski definition) is 2. The maximum atomic E-state index is 12.3. The first kappa shape index (κ1) is 20.7. The van der Waals surface area contributed by atoms with Crippen LogP contribution in [0.2, 0.25) is 0 Å². The number of unbranched alkanes of at least 4 members (excludes halogenated alkanes) is 2. The molecule has 2 aliphatic rings. The second-order valence-electron chi connectivity index (χ2n) is 7.45. The summed E-state index contributed by atoms with van der Waals surface area (Å²) in [4.78, 5) is 23.9. The van der Waals surface area contributed by atoms with Gasteiger partial charge in [0.2, 0.25) is 15.9 Å². The highest BCUT2D eigenvalue weighted by Crippen LogP contribution is 2.30. The Morgan fingerprint density at radius 2 is 2.11 bits per heavy atom. The van der Waals surface area contributed by atoms with Crippen molar-refractivity contribution in [3.8, 4) is 5.95 Å². The second-order valence-corrected chi connectivity index (χ2v) is 9.32. The molecule has 0 bridgehead atoms. The average Bonchev–Trinajstić information content (AvgIpc) is 3.23. The lowest BCUT2D eigenvalue weighted by Gasteiger charge is -2.14. The van der Waals surface area contributed by atoms with Crippen LogP contribution in [0.3, 0.4) is 0 Å². The molecular formula is C18H27N3O6S. The number of hydrogen-bond acceptors (Lipinski definition) is 6. The number of amides is 3. The van der Waals surface area contributed by atoms with E-state index < -0.39 is 16.1 Å². The molecule has 1 aromatic heterocycles. The van der Waals surface area contributed by atoms with E-state index in [1.165, 1.54) is 24.0 Å². The first-order valence-electron chi connectivity index (χ1n) is 9.62. The molecule has 2 fully saturated rings. The molecule has 0 radical (unpaired) electrons. The molecule has 0 spiro atoms. The van der Waals surface area contributed by atoms with E-state index in [2.05, 4.69) is 10.0 Å². The predicted octanol–water partition coefficient (Wildman–Crippen LogP) is 1.77. The quantitative estimate of drug-likeness (QED) is 0.398. The molecule has 0 unspecified atom stereocenters. The lowest BCUT2D eigenvalue weighted by molar-refractivity contribution is -0.118. The first-order chi connectivity index (χ1) is 13.3. The summed E-state index contributed by atoms with van der Waals surface area (Å²) in [5, 5.41) is 2.21. The number of imide groups is 1. The van der Waals surface area contributed by atoms with Gasteiger partial charge in [-0.3, -0.25) is 10.1 Å². The van der Waals surface area contributed by atoms with E-state index in [-0.39, 0.29) is 24.2 Å². The summed E-state index contributed by atoms with van der Waals surface area (Å²) in [5.41, 5.74) is 0.721. The fraction of sp³-hybridized carbons (Fsp3) is 0.667.